The highest BCUT2D eigenvalue weighted by Gasteiger charge is 2.58. The molecule has 5 unspecified atom stereocenters. The Morgan fingerprint density at radius 2 is 2.33 bits per heavy atom. The SMILES string of the molecule is COC1=CC=CC2C=C(c3cc(Cl)c(C45CCOCC4[S+]([O-])N(C)C(=N)N5)s3)NC12. The zero-order valence-corrected chi connectivity index (χ0v) is 19.0. The molecule has 160 valence electrons. The van der Waals surface area contributed by atoms with E-state index >= 15 is 0 Å². The summed E-state index contributed by atoms with van der Waals surface area (Å²) in [7, 11) is 3.35. The Labute approximate surface area is 187 Å². The number of hydrogen-bond donors (Lipinski definition) is 3. The molecule has 0 spiro atoms. The fourth-order valence-electron chi connectivity index (χ4n) is 4.55. The van der Waals surface area contributed by atoms with Gasteiger partial charge in [-0.15, -0.1) is 11.3 Å². The van der Waals surface area contributed by atoms with Gasteiger partial charge in [-0.2, -0.15) is 4.31 Å². The summed E-state index contributed by atoms with van der Waals surface area (Å²) in [5, 5.41) is 15.5. The molecule has 0 amide bonds. The molecule has 1 aromatic heterocycles. The topological polar surface area (TPSA) is 92.7 Å². The molecule has 0 bridgehead atoms. The molecule has 4 aliphatic rings. The molecular formula is C20H23ClN4O3S2. The molecule has 2 fully saturated rings. The van der Waals surface area contributed by atoms with Gasteiger partial charge >= 0.3 is 0 Å². The molecule has 5 rings (SSSR count). The van der Waals surface area contributed by atoms with Gasteiger partial charge in [-0.25, -0.2) is 0 Å². The highest BCUT2D eigenvalue weighted by atomic mass is 35.5. The van der Waals surface area contributed by atoms with Crippen LogP contribution in [0.4, 0.5) is 0 Å². The number of ether oxygens (including phenoxy) is 2. The van der Waals surface area contributed by atoms with Crippen LogP contribution >= 0.6 is 22.9 Å². The smallest absolute Gasteiger partial charge is 0.234 e. The summed E-state index contributed by atoms with van der Waals surface area (Å²) in [6.07, 6.45) is 8.95. The monoisotopic (exact) mass is 466 g/mol. The highest BCUT2D eigenvalue weighted by Crippen LogP contribution is 2.47. The first kappa shape index (κ1) is 20.3. The molecule has 3 aliphatic heterocycles. The van der Waals surface area contributed by atoms with Crippen LogP contribution in [0.3, 0.4) is 0 Å². The van der Waals surface area contributed by atoms with E-state index in [0.717, 1.165) is 21.2 Å². The van der Waals surface area contributed by atoms with E-state index < -0.39 is 16.9 Å². The first-order valence-electron chi connectivity index (χ1n) is 9.74. The lowest BCUT2D eigenvalue weighted by atomic mass is 9.87. The van der Waals surface area contributed by atoms with Crippen molar-refractivity contribution in [3.8, 4) is 0 Å². The lowest BCUT2D eigenvalue weighted by molar-refractivity contribution is 0.0442. The van der Waals surface area contributed by atoms with Crippen molar-refractivity contribution >= 4 is 46.0 Å². The van der Waals surface area contributed by atoms with Gasteiger partial charge in [0.2, 0.25) is 5.96 Å². The molecule has 7 nitrogen and oxygen atoms in total. The predicted molar refractivity (Wildman–Crippen MR) is 120 cm³/mol. The Kier molecular flexibility index (Phi) is 5.06. The Balaban J connectivity index is 1.51. The number of fused-ring (bicyclic) bond motifs is 2. The van der Waals surface area contributed by atoms with Gasteiger partial charge in [0.05, 0.1) is 52.9 Å². The Hall–Kier alpha value is -1.65. The third kappa shape index (κ3) is 2.98. The summed E-state index contributed by atoms with van der Waals surface area (Å²) in [5.41, 5.74) is 0.345. The quantitative estimate of drug-likeness (QED) is 0.593. The van der Waals surface area contributed by atoms with E-state index in [1.54, 1.807) is 25.5 Å². The van der Waals surface area contributed by atoms with Crippen LogP contribution in [0, 0.1) is 11.3 Å². The van der Waals surface area contributed by atoms with Gasteiger partial charge in [0.25, 0.3) is 0 Å². The standard InChI is InChI=1S/C20H23ClN4O3S2/c1-25-19(22)24-20(6-7-28-10-16(20)30(25)26)18-12(21)9-15(29-18)13-8-11-4-3-5-14(27-2)17(11)23-13/h3-5,8-9,11,16-17,23H,6-7,10H2,1-2H3,(H2,22,24). The molecule has 5 atom stereocenters. The van der Waals surface area contributed by atoms with Gasteiger partial charge in [-0.1, -0.05) is 29.8 Å². The average Bonchev–Trinajstić information content (AvgIpc) is 3.35. The molecule has 0 radical (unpaired) electrons. The second-order valence-electron chi connectivity index (χ2n) is 7.76. The van der Waals surface area contributed by atoms with E-state index in [1.165, 1.54) is 4.31 Å². The second-order valence-corrected chi connectivity index (χ2v) is 10.9. The van der Waals surface area contributed by atoms with Crippen LogP contribution in [-0.4, -0.2) is 53.5 Å². The fourth-order valence-corrected chi connectivity index (χ4v) is 7.81. The maximum Gasteiger partial charge on any atom is 0.234 e. The van der Waals surface area contributed by atoms with Crippen LogP contribution in [0.2, 0.25) is 5.02 Å². The molecule has 4 heterocycles. The van der Waals surface area contributed by atoms with Gasteiger partial charge in [0.1, 0.15) is 11.3 Å². The van der Waals surface area contributed by atoms with E-state index in [2.05, 4.69) is 22.8 Å². The van der Waals surface area contributed by atoms with Crippen molar-refractivity contribution in [2.75, 3.05) is 27.4 Å². The Morgan fingerprint density at radius 3 is 3.13 bits per heavy atom. The van der Waals surface area contributed by atoms with E-state index in [9.17, 15) is 4.55 Å². The van der Waals surface area contributed by atoms with Crippen molar-refractivity contribution in [3.63, 3.8) is 0 Å². The number of allylic oxidation sites excluding steroid dienone is 2. The molecule has 1 aliphatic carbocycles. The van der Waals surface area contributed by atoms with Crippen molar-refractivity contribution < 1.29 is 14.0 Å². The number of methoxy groups -OCH3 is 1. The zero-order chi connectivity index (χ0) is 21.0. The lowest BCUT2D eigenvalue weighted by Crippen LogP contribution is -2.69. The minimum absolute atomic E-state index is 0.0791. The third-order valence-corrected chi connectivity index (χ3v) is 9.68. The van der Waals surface area contributed by atoms with Crippen LogP contribution in [0.25, 0.3) is 5.70 Å². The maximum absolute atomic E-state index is 13.0. The van der Waals surface area contributed by atoms with Gasteiger partial charge in [0.15, 0.2) is 5.25 Å². The number of halogens is 1. The number of rotatable bonds is 3. The highest BCUT2D eigenvalue weighted by molar-refractivity contribution is 7.90. The minimum Gasteiger partial charge on any atom is -0.592 e. The Bertz CT molecular complexity index is 977. The molecule has 3 N–H and O–H groups in total. The summed E-state index contributed by atoms with van der Waals surface area (Å²) < 4.78 is 25.7. The summed E-state index contributed by atoms with van der Waals surface area (Å²) in [5.74, 6) is 1.27. The van der Waals surface area contributed by atoms with Crippen LogP contribution in [0.5, 0.6) is 0 Å². The number of hydrogen-bond acceptors (Lipinski definition) is 6. The lowest BCUT2D eigenvalue weighted by Gasteiger charge is -2.49. The van der Waals surface area contributed by atoms with E-state index in [-0.39, 0.29) is 23.2 Å². The van der Waals surface area contributed by atoms with Crippen LogP contribution in [0.1, 0.15) is 16.2 Å². The maximum atomic E-state index is 13.0. The van der Waals surface area contributed by atoms with Crippen LogP contribution in [-0.2, 0) is 26.4 Å². The molecule has 1 aromatic rings. The number of nitrogens with zero attached hydrogens (tertiary/aromatic N) is 1. The first-order chi connectivity index (χ1) is 14.4. The zero-order valence-electron chi connectivity index (χ0n) is 16.6. The summed E-state index contributed by atoms with van der Waals surface area (Å²) >= 11 is 6.96. The van der Waals surface area contributed by atoms with Crippen LogP contribution < -0.4 is 10.6 Å². The molecule has 2 saturated heterocycles. The third-order valence-electron chi connectivity index (χ3n) is 6.18. The van der Waals surface area contributed by atoms with E-state index in [0.29, 0.717) is 24.7 Å². The van der Waals surface area contributed by atoms with Crippen molar-refractivity contribution in [3.05, 3.63) is 50.9 Å². The molecular weight excluding hydrogens is 444 g/mol. The van der Waals surface area contributed by atoms with Crippen LogP contribution in [0.15, 0.2) is 36.1 Å². The second kappa shape index (κ2) is 7.49. The van der Waals surface area contributed by atoms with E-state index in [1.807, 2.05) is 18.2 Å². The van der Waals surface area contributed by atoms with E-state index in [4.69, 9.17) is 26.5 Å². The molecule has 0 saturated carbocycles. The minimum atomic E-state index is -1.38. The number of nitrogens with one attached hydrogen (secondary N) is 3. The van der Waals surface area contributed by atoms with Gasteiger partial charge in [0, 0.05) is 24.6 Å². The summed E-state index contributed by atoms with van der Waals surface area (Å²) in [6.45, 7) is 0.887. The van der Waals surface area contributed by atoms with Crippen molar-refractivity contribution in [1.29, 1.82) is 5.41 Å². The van der Waals surface area contributed by atoms with Crippen molar-refractivity contribution in [1.82, 2.24) is 14.9 Å². The normalized spacial score (nSPS) is 35.1. The fraction of sp³-hybridized carbons (Fsp3) is 0.450. The Morgan fingerprint density at radius 1 is 1.50 bits per heavy atom. The molecule has 0 aromatic carbocycles. The molecule has 30 heavy (non-hydrogen) atoms. The predicted octanol–water partition coefficient (Wildman–Crippen LogP) is 2.55. The first-order valence-corrected chi connectivity index (χ1v) is 12.1. The van der Waals surface area contributed by atoms with Crippen molar-refractivity contribution in [2.45, 2.75) is 23.3 Å². The number of guanidine groups is 1. The largest absolute Gasteiger partial charge is 0.592 e. The number of thiophene rings is 1. The van der Waals surface area contributed by atoms with Gasteiger partial charge < -0.3 is 24.7 Å². The van der Waals surface area contributed by atoms with Gasteiger partial charge in [-0.05, 0) is 12.1 Å². The average molecular weight is 467 g/mol. The summed E-state index contributed by atoms with van der Waals surface area (Å²) in [4.78, 5) is 1.93. The summed E-state index contributed by atoms with van der Waals surface area (Å²) in [6, 6.07) is 2.04. The molecule has 10 heteroatoms. The van der Waals surface area contributed by atoms with Gasteiger partial charge in [-0.3, -0.25) is 5.41 Å². The van der Waals surface area contributed by atoms with Crippen molar-refractivity contribution in [2.24, 2.45) is 5.92 Å².